The van der Waals surface area contributed by atoms with Crippen molar-refractivity contribution < 1.29 is 14.7 Å². The molecule has 7 nitrogen and oxygen atoms in total. The van der Waals surface area contributed by atoms with Gasteiger partial charge in [-0.15, -0.1) is 0 Å². The van der Waals surface area contributed by atoms with E-state index in [-0.39, 0.29) is 9.89 Å². The van der Waals surface area contributed by atoms with Crippen LogP contribution >= 0.6 is 0 Å². The van der Waals surface area contributed by atoms with E-state index in [1.54, 1.807) is 18.5 Å². The average Bonchev–Trinajstić information content (AvgIpc) is 2.73. The molecule has 2 rings (SSSR count). The predicted molar refractivity (Wildman–Crippen MR) is 64.8 cm³/mol. The number of rotatable bonds is 4. The summed E-state index contributed by atoms with van der Waals surface area (Å²) in [5.74, 6) is -1.54. The fourth-order valence-corrected chi connectivity index (χ4v) is 7.98. The molecule has 0 aromatic carbocycles. The summed E-state index contributed by atoms with van der Waals surface area (Å²) in [6.45, 7) is 0. The molecule has 0 bridgehead atoms. The van der Waals surface area contributed by atoms with Crippen molar-refractivity contribution in [1.29, 1.82) is 0 Å². The first-order chi connectivity index (χ1) is 8.58. The van der Waals surface area contributed by atoms with Crippen molar-refractivity contribution in [3.05, 3.63) is 30.4 Å². The van der Waals surface area contributed by atoms with Gasteiger partial charge in [-0.1, -0.05) is 0 Å². The second kappa shape index (κ2) is 5.30. The molecule has 0 fully saturated rings. The fraction of sp³-hybridized carbons (Fsp3) is 0.100. The molecule has 0 saturated carbocycles. The Kier molecular flexibility index (Phi) is 3.75. The summed E-state index contributed by atoms with van der Waals surface area (Å²) in [4.78, 5) is 29.7. The second-order valence-electron chi connectivity index (χ2n) is 3.72. The Bertz CT molecular complexity index is 556. The van der Waals surface area contributed by atoms with Gasteiger partial charge in [-0.3, -0.25) is 0 Å². The van der Waals surface area contributed by atoms with Gasteiger partial charge < -0.3 is 0 Å². The third-order valence-electron chi connectivity index (χ3n) is 2.46. The van der Waals surface area contributed by atoms with E-state index in [0.717, 1.165) is 8.89 Å². The van der Waals surface area contributed by atoms with Crippen LogP contribution in [-0.4, -0.2) is 54.4 Å². The summed E-state index contributed by atoms with van der Waals surface area (Å²) in [7, 11) is 0. The maximum absolute atomic E-state index is 11.1. The van der Waals surface area contributed by atoms with Crippen LogP contribution in [-0.2, 0) is 9.59 Å². The van der Waals surface area contributed by atoms with E-state index in [0.29, 0.717) is 0 Å². The third kappa shape index (κ3) is 2.76. The van der Waals surface area contributed by atoms with Gasteiger partial charge in [-0.05, 0) is 0 Å². The van der Waals surface area contributed by atoms with Crippen molar-refractivity contribution in [1.82, 2.24) is 9.97 Å². The van der Waals surface area contributed by atoms with Crippen LogP contribution in [0.1, 0.15) is 5.56 Å². The molecule has 0 saturated heterocycles. The average molecular weight is 348 g/mol. The first kappa shape index (κ1) is 12.7. The number of carbonyl (C=O) groups excluding carboxylic acids is 1. The normalized spacial score (nSPS) is 14.1. The van der Waals surface area contributed by atoms with Crippen LogP contribution in [0.2, 0.25) is 4.18 Å². The summed E-state index contributed by atoms with van der Waals surface area (Å²) in [6.07, 6.45) is 6.13. The molecule has 90 valence electrons. The number of primary amides is 1. The van der Waals surface area contributed by atoms with E-state index in [2.05, 4.69) is 12.9 Å². The molecule has 0 spiro atoms. The molecule has 8 heteroatoms. The topological polar surface area (TPSA) is 119 Å². The van der Waals surface area contributed by atoms with Crippen LogP contribution in [0.5, 0.6) is 0 Å². The summed E-state index contributed by atoms with van der Waals surface area (Å²) in [5.41, 5.74) is 6.06. The Morgan fingerprint density at radius 1 is 1.33 bits per heavy atom. The molecular weight excluding hydrogens is 339 g/mol. The maximum atomic E-state index is 11.1. The first-order valence-corrected chi connectivity index (χ1v) is 10.6. The van der Waals surface area contributed by atoms with Crippen LogP contribution in [0.3, 0.4) is 0 Å². The van der Waals surface area contributed by atoms with Crippen molar-refractivity contribution in [3.63, 3.8) is 0 Å². The summed E-state index contributed by atoms with van der Waals surface area (Å²) < 4.78 is 5.01. The summed E-state index contributed by atoms with van der Waals surface area (Å²) in [6, 6.07) is 0. The quantitative estimate of drug-likeness (QED) is 0.754. The van der Waals surface area contributed by atoms with Gasteiger partial charge in [0.15, 0.2) is 0 Å². The van der Waals surface area contributed by atoms with E-state index >= 15 is 0 Å². The van der Waals surface area contributed by atoms with E-state index in [4.69, 9.17) is 10.8 Å². The standard InChI is InChI=1S/C8H6N4O.C2H3O2.In/c9-7(8(10)13)2-1-6-3-11-5-12-4-6;1-2(3)4;/h2-5H,(H2,10,13);1H2,(H,3,4);/q-1;;+1. The van der Waals surface area contributed by atoms with Crippen molar-refractivity contribution in [2.45, 2.75) is 4.18 Å². The van der Waals surface area contributed by atoms with Crippen molar-refractivity contribution in [3.8, 4) is 0 Å². The first-order valence-electron chi connectivity index (χ1n) is 5.14. The third-order valence-corrected chi connectivity index (χ3v) is 9.72. The number of amides is 1. The van der Waals surface area contributed by atoms with Crippen LogP contribution in [0.25, 0.3) is 3.33 Å². The van der Waals surface area contributed by atoms with Gasteiger partial charge in [-0.25, -0.2) is 0 Å². The van der Waals surface area contributed by atoms with Gasteiger partial charge in [-0.2, -0.15) is 0 Å². The van der Waals surface area contributed by atoms with Gasteiger partial charge in [0.1, 0.15) is 0 Å². The van der Waals surface area contributed by atoms with Crippen LogP contribution < -0.4 is 5.73 Å². The monoisotopic (exact) mass is 348 g/mol. The fourth-order valence-electron chi connectivity index (χ4n) is 1.70. The Hall–Kier alpha value is -1.70. The SMILES string of the molecule is NC(=O)C1=[N][In]([CH2]C(=O)O)[C](c2cncnc2)=C1. The minimum atomic E-state index is -2.89. The zero-order valence-electron chi connectivity index (χ0n) is 9.28. The van der Waals surface area contributed by atoms with E-state index in [1.165, 1.54) is 6.33 Å². The molecule has 1 aliphatic rings. The molecule has 0 atom stereocenters. The number of aromatic nitrogens is 2. The molecule has 1 aliphatic heterocycles. The van der Waals surface area contributed by atoms with Gasteiger partial charge in [0.2, 0.25) is 0 Å². The molecule has 1 aromatic rings. The minimum absolute atomic E-state index is 0.000806. The van der Waals surface area contributed by atoms with Crippen molar-refractivity contribution >= 4 is 42.6 Å². The molecule has 1 amide bonds. The number of nitrogens with zero attached hydrogens (tertiary/aromatic N) is 3. The number of aliphatic carboxylic acids is 1. The van der Waals surface area contributed by atoms with Gasteiger partial charge in [0.05, 0.1) is 0 Å². The Labute approximate surface area is 110 Å². The van der Waals surface area contributed by atoms with Crippen LogP contribution in [0.15, 0.2) is 27.8 Å². The van der Waals surface area contributed by atoms with Crippen molar-refractivity contribution in [2.24, 2.45) is 8.71 Å². The zero-order chi connectivity index (χ0) is 13.1. The molecule has 2 heterocycles. The number of hydrogen-bond donors (Lipinski definition) is 2. The summed E-state index contributed by atoms with van der Waals surface area (Å²) >= 11 is -2.89. The number of carboxylic acids is 1. The van der Waals surface area contributed by atoms with Crippen LogP contribution in [0, 0.1) is 0 Å². The molecule has 0 aliphatic carbocycles. The number of hydrogen-bond acceptors (Lipinski definition) is 5. The molecular formula is C10H9InN4O3. The second-order valence-corrected chi connectivity index (χ2v) is 10.3. The molecule has 18 heavy (non-hydrogen) atoms. The van der Waals surface area contributed by atoms with E-state index in [9.17, 15) is 9.59 Å². The van der Waals surface area contributed by atoms with Crippen molar-refractivity contribution in [2.75, 3.05) is 0 Å². The van der Waals surface area contributed by atoms with Gasteiger partial charge in [0.25, 0.3) is 0 Å². The molecule has 1 aromatic heterocycles. The Morgan fingerprint density at radius 2 is 2.00 bits per heavy atom. The molecule has 0 radical (unpaired) electrons. The molecule has 0 unspecified atom stereocenters. The van der Waals surface area contributed by atoms with Gasteiger partial charge >= 0.3 is 111 Å². The zero-order valence-corrected chi connectivity index (χ0v) is 12.6. The Morgan fingerprint density at radius 3 is 2.56 bits per heavy atom. The van der Waals surface area contributed by atoms with Gasteiger partial charge in [0, 0.05) is 0 Å². The number of carbonyl (C=O) groups is 2. The number of carboxylic acid groups (broad SMARTS) is 1. The number of nitrogens with two attached hydrogens (primary N) is 1. The predicted octanol–water partition coefficient (Wildman–Crippen LogP) is -0.585. The van der Waals surface area contributed by atoms with Crippen LogP contribution in [0.4, 0.5) is 0 Å². The van der Waals surface area contributed by atoms with E-state index < -0.39 is 33.6 Å². The summed E-state index contributed by atoms with van der Waals surface area (Å²) in [5, 5.41) is 8.87. The van der Waals surface area contributed by atoms with E-state index in [1.807, 2.05) is 0 Å². The Balaban J connectivity index is 2.35. The molecule has 3 N–H and O–H groups in total.